The van der Waals surface area contributed by atoms with Gasteiger partial charge in [-0.3, -0.25) is 14.9 Å². The molecular weight excluding hydrogens is 326 g/mol. The molecule has 5 heteroatoms. The maximum Gasteiger partial charge on any atom is 0.337 e. The number of pyridine rings is 2. The standard InChI is InChI=1S/C21H21N3O2/c1-26-21(25)18-8-6-7-17(13-18)14-24(15-19-9-2-4-11-22-19)16-20-10-3-5-12-23-20/h2-13H,14-16H2,1H3. The van der Waals surface area contributed by atoms with E-state index in [1.807, 2.05) is 54.6 Å². The fourth-order valence-corrected chi connectivity index (χ4v) is 2.78. The second-order valence-electron chi connectivity index (χ2n) is 5.98. The lowest BCUT2D eigenvalue weighted by Crippen LogP contribution is -2.23. The Morgan fingerprint density at radius 3 is 2.08 bits per heavy atom. The lowest BCUT2D eigenvalue weighted by molar-refractivity contribution is 0.0600. The average molecular weight is 347 g/mol. The van der Waals surface area contributed by atoms with Gasteiger partial charge in [0.2, 0.25) is 0 Å². The predicted octanol–water partition coefficient (Wildman–Crippen LogP) is 3.47. The first-order chi connectivity index (χ1) is 12.7. The van der Waals surface area contributed by atoms with Crippen LogP contribution < -0.4 is 0 Å². The highest BCUT2D eigenvalue weighted by atomic mass is 16.5. The number of carbonyl (C=O) groups is 1. The normalized spacial score (nSPS) is 10.7. The van der Waals surface area contributed by atoms with Gasteiger partial charge in [0, 0.05) is 32.0 Å². The van der Waals surface area contributed by atoms with Crippen LogP contribution in [0.1, 0.15) is 27.3 Å². The maximum atomic E-state index is 11.8. The second kappa shape index (κ2) is 8.87. The Morgan fingerprint density at radius 2 is 1.54 bits per heavy atom. The fraction of sp³-hybridized carbons (Fsp3) is 0.190. The summed E-state index contributed by atoms with van der Waals surface area (Å²) in [5.74, 6) is -0.326. The first kappa shape index (κ1) is 17.8. The monoisotopic (exact) mass is 347 g/mol. The number of aromatic nitrogens is 2. The highest BCUT2D eigenvalue weighted by Crippen LogP contribution is 2.14. The van der Waals surface area contributed by atoms with E-state index in [0.717, 1.165) is 17.0 Å². The van der Waals surface area contributed by atoms with Gasteiger partial charge in [-0.05, 0) is 42.0 Å². The van der Waals surface area contributed by atoms with E-state index in [-0.39, 0.29) is 5.97 Å². The Kier molecular flexibility index (Phi) is 6.06. The molecule has 0 unspecified atom stereocenters. The van der Waals surface area contributed by atoms with Crippen molar-refractivity contribution in [2.24, 2.45) is 0 Å². The van der Waals surface area contributed by atoms with Gasteiger partial charge in [0.1, 0.15) is 0 Å². The number of hydrogen-bond donors (Lipinski definition) is 0. The number of carbonyl (C=O) groups excluding carboxylic acids is 1. The van der Waals surface area contributed by atoms with E-state index in [2.05, 4.69) is 14.9 Å². The van der Waals surface area contributed by atoms with Crippen molar-refractivity contribution in [1.29, 1.82) is 0 Å². The smallest absolute Gasteiger partial charge is 0.337 e. The van der Waals surface area contributed by atoms with Gasteiger partial charge < -0.3 is 4.74 Å². The third-order valence-electron chi connectivity index (χ3n) is 3.98. The molecule has 2 aromatic heterocycles. The van der Waals surface area contributed by atoms with Gasteiger partial charge in [-0.25, -0.2) is 4.79 Å². The van der Waals surface area contributed by atoms with Crippen LogP contribution in [0.3, 0.4) is 0 Å². The number of esters is 1. The Balaban J connectivity index is 1.80. The van der Waals surface area contributed by atoms with Crippen molar-refractivity contribution < 1.29 is 9.53 Å². The van der Waals surface area contributed by atoms with Crippen LogP contribution in [-0.2, 0) is 24.4 Å². The van der Waals surface area contributed by atoms with Gasteiger partial charge in [-0.2, -0.15) is 0 Å². The van der Waals surface area contributed by atoms with Crippen molar-refractivity contribution >= 4 is 5.97 Å². The van der Waals surface area contributed by atoms with E-state index in [1.54, 1.807) is 18.5 Å². The first-order valence-corrected chi connectivity index (χ1v) is 8.44. The van der Waals surface area contributed by atoms with E-state index in [1.165, 1.54) is 7.11 Å². The molecule has 5 nitrogen and oxygen atoms in total. The second-order valence-corrected chi connectivity index (χ2v) is 5.98. The van der Waals surface area contributed by atoms with E-state index < -0.39 is 0 Å². The van der Waals surface area contributed by atoms with Crippen LogP contribution in [-0.4, -0.2) is 27.9 Å². The van der Waals surface area contributed by atoms with Crippen molar-refractivity contribution in [3.63, 3.8) is 0 Å². The zero-order chi connectivity index (χ0) is 18.2. The molecule has 132 valence electrons. The van der Waals surface area contributed by atoms with Crippen LogP contribution in [0, 0.1) is 0 Å². The molecule has 0 atom stereocenters. The summed E-state index contributed by atoms with van der Waals surface area (Å²) >= 11 is 0. The van der Waals surface area contributed by atoms with Crippen molar-refractivity contribution in [3.05, 3.63) is 95.6 Å². The number of hydrogen-bond acceptors (Lipinski definition) is 5. The highest BCUT2D eigenvalue weighted by molar-refractivity contribution is 5.89. The summed E-state index contributed by atoms with van der Waals surface area (Å²) in [5, 5.41) is 0. The highest BCUT2D eigenvalue weighted by Gasteiger charge is 2.12. The van der Waals surface area contributed by atoms with Crippen molar-refractivity contribution in [2.75, 3.05) is 7.11 Å². The average Bonchev–Trinajstić information content (AvgIpc) is 2.69. The molecule has 0 saturated carbocycles. The van der Waals surface area contributed by atoms with Crippen molar-refractivity contribution in [1.82, 2.24) is 14.9 Å². The van der Waals surface area contributed by atoms with Gasteiger partial charge in [-0.15, -0.1) is 0 Å². The van der Waals surface area contributed by atoms with Gasteiger partial charge in [0.05, 0.1) is 24.1 Å². The summed E-state index contributed by atoms with van der Waals surface area (Å²) in [5.41, 5.74) is 3.58. The zero-order valence-electron chi connectivity index (χ0n) is 14.7. The maximum absolute atomic E-state index is 11.8. The summed E-state index contributed by atoms with van der Waals surface area (Å²) < 4.78 is 4.82. The summed E-state index contributed by atoms with van der Waals surface area (Å²) in [7, 11) is 1.39. The summed E-state index contributed by atoms with van der Waals surface area (Å²) in [4.78, 5) is 22.9. The summed E-state index contributed by atoms with van der Waals surface area (Å²) in [6, 6.07) is 19.3. The molecule has 0 radical (unpaired) electrons. The third-order valence-corrected chi connectivity index (χ3v) is 3.98. The summed E-state index contributed by atoms with van der Waals surface area (Å²) in [6.45, 7) is 2.07. The van der Waals surface area contributed by atoms with Gasteiger partial charge >= 0.3 is 5.97 Å². The molecule has 3 rings (SSSR count). The molecule has 0 fully saturated rings. The predicted molar refractivity (Wildman–Crippen MR) is 99.2 cm³/mol. The largest absolute Gasteiger partial charge is 0.465 e. The summed E-state index contributed by atoms with van der Waals surface area (Å²) in [6.07, 6.45) is 3.60. The van der Waals surface area contributed by atoms with Gasteiger partial charge in [0.15, 0.2) is 0 Å². The minimum Gasteiger partial charge on any atom is -0.465 e. The minimum absolute atomic E-state index is 0.326. The number of methoxy groups -OCH3 is 1. The number of rotatable bonds is 7. The Morgan fingerprint density at radius 1 is 0.885 bits per heavy atom. The molecule has 2 heterocycles. The molecule has 3 aromatic rings. The van der Waals surface area contributed by atoms with Crippen LogP contribution in [0.2, 0.25) is 0 Å². The number of benzene rings is 1. The molecule has 0 amide bonds. The van der Waals surface area contributed by atoms with Gasteiger partial charge in [0.25, 0.3) is 0 Å². The SMILES string of the molecule is COC(=O)c1cccc(CN(Cc2ccccn2)Cc2ccccn2)c1. The van der Waals surface area contributed by atoms with E-state index in [0.29, 0.717) is 25.2 Å². The minimum atomic E-state index is -0.326. The van der Waals surface area contributed by atoms with Gasteiger partial charge in [-0.1, -0.05) is 24.3 Å². The molecular formula is C21H21N3O2. The molecule has 0 aliphatic rings. The van der Waals surface area contributed by atoms with Crippen LogP contribution in [0.25, 0.3) is 0 Å². The molecule has 0 N–H and O–H groups in total. The zero-order valence-corrected chi connectivity index (χ0v) is 14.7. The van der Waals surface area contributed by atoms with E-state index in [9.17, 15) is 4.79 Å². The molecule has 26 heavy (non-hydrogen) atoms. The molecule has 0 aliphatic heterocycles. The lowest BCUT2D eigenvalue weighted by Gasteiger charge is -2.22. The van der Waals surface area contributed by atoms with Crippen LogP contribution in [0.4, 0.5) is 0 Å². The van der Waals surface area contributed by atoms with Crippen LogP contribution >= 0.6 is 0 Å². The fourth-order valence-electron chi connectivity index (χ4n) is 2.78. The topological polar surface area (TPSA) is 55.3 Å². The number of ether oxygens (including phenoxy) is 1. The molecule has 0 aliphatic carbocycles. The Hall–Kier alpha value is -3.05. The van der Waals surface area contributed by atoms with Crippen LogP contribution in [0.5, 0.6) is 0 Å². The number of nitrogens with zero attached hydrogens (tertiary/aromatic N) is 3. The first-order valence-electron chi connectivity index (χ1n) is 8.44. The Labute approximate surface area is 153 Å². The molecule has 0 spiro atoms. The van der Waals surface area contributed by atoms with Crippen molar-refractivity contribution in [3.8, 4) is 0 Å². The quantitative estimate of drug-likeness (QED) is 0.613. The lowest BCUT2D eigenvalue weighted by atomic mass is 10.1. The molecule has 0 saturated heterocycles. The third kappa shape index (κ3) is 4.97. The van der Waals surface area contributed by atoms with E-state index >= 15 is 0 Å². The molecule has 1 aromatic carbocycles. The van der Waals surface area contributed by atoms with Crippen LogP contribution in [0.15, 0.2) is 73.1 Å². The van der Waals surface area contributed by atoms with E-state index in [4.69, 9.17) is 4.74 Å². The molecule has 0 bridgehead atoms. The Bertz CT molecular complexity index is 797. The van der Waals surface area contributed by atoms with Crippen molar-refractivity contribution in [2.45, 2.75) is 19.6 Å².